The molecule has 2 nitrogen and oxygen atoms in total. The van der Waals surface area contributed by atoms with E-state index in [1.807, 2.05) is 6.92 Å². The van der Waals surface area contributed by atoms with Crippen LogP contribution in [-0.2, 0) is 14.9 Å². The van der Waals surface area contributed by atoms with Crippen molar-refractivity contribution in [2.45, 2.75) is 98.4 Å². The van der Waals surface area contributed by atoms with Gasteiger partial charge in [0.05, 0.1) is 11.0 Å². The van der Waals surface area contributed by atoms with Crippen LogP contribution in [0.15, 0.2) is 30.3 Å². The zero-order chi connectivity index (χ0) is 21.7. The van der Waals surface area contributed by atoms with Crippen LogP contribution in [0.25, 0.3) is 0 Å². The molecule has 0 bridgehead atoms. The normalized spacial score (nSPS) is 22.9. The maximum atomic E-state index is 7.21. The van der Waals surface area contributed by atoms with Gasteiger partial charge in [0.25, 0.3) is 0 Å². The molecule has 2 heteroatoms. The fraction of sp³-hybridized carbons (Fsp3) is 0.704. The highest BCUT2D eigenvalue weighted by molar-refractivity contribution is 5.43. The predicted octanol–water partition coefficient (Wildman–Crippen LogP) is 6.98. The lowest BCUT2D eigenvalue weighted by molar-refractivity contribution is -0.291. The monoisotopic (exact) mass is 398 g/mol. The molecule has 0 spiro atoms. The molecule has 0 radical (unpaired) electrons. The van der Waals surface area contributed by atoms with E-state index in [9.17, 15) is 0 Å². The first-order valence-electron chi connectivity index (χ1n) is 11.5. The molecule has 1 fully saturated rings. The van der Waals surface area contributed by atoms with E-state index in [0.29, 0.717) is 5.92 Å². The Hall–Kier alpha value is -1.30. The summed E-state index contributed by atoms with van der Waals surface area (Å²) in [5.74, 6) is 7.62. The molecule has 2 rings (SSSR count). The molecular formula is C27H42O2. The lowest BCUT2D eigenvalue weighted by Crippen LogP contribution is -2.67. The molecule has 1 aromatic carbocycles. The van der Waals surface area contributed by atoms with Crippen LogP contribution in [0.3, 0.4) is 0 Å². The number of hydrogen-bond acceptors (Lipinski definition) is 2. The minimum atomic E-state index is -0.505. The lowest BCUT2D eigenvalue weighted by Gasteiger charge is -2.60. The highest BCUT2D eigenvalue weighted by atomic mass is 16.7. The van der Waals surface area contributed by atoms with Gasteiger partial charge in [-0.1, -0.05) is 91.1 Å². The topological polar surface area (TPSA) is 18.5 Å². The van der Waals surface area contributed by atoms with Crippen molar-refractivity contribution in [3.8, 4) is 11.8 Å². The predicted molar refractivity (Wildman–Crippen MR) is 123 cm³/mol. The van der Waals surface area contributed by atoms with E-state index in [1.165, 1.54) is 5.56 Å². The molecule has 1 saturated heterocycles. The maximum absolute atomic E-state index is 7.21. The van der Waals surface area contributed by atoms with E-state index in [1.54, 1.807) is 0 Å². The van der Waals surface area contributed by atoms with Crippen LogP contribution in [-0.4, -0.2) is 18.5 Å². The Morgan fingerprint density at radius 2 is 1.76 bits per heavy atom. The Bertz CT molecular complexity index is 685. The average molecular weight is 399 g/mol. The third kappa shape index (κ3) is 4.28. The van der Waals surface area contributed by atoms with Gasteiger partial charge in [0, 0.05) is 6.61 Å². The second-order valence-electron chi connectivity index (χ2n) is 9.91. The van der Waals surface area contributed by atoms with Gasteiger partial charge in [-0.05, 0) is 49.0 Å². The first-order chi connectivity index (χ1) is 13.7. The highest BCUT2D eigenvalue weighted by Crippen LogP contribution is 2.57. The number of benzene rings is 1. The quantitative estimate of drug-likeness (QED) is 0.461. The fourth-order valence-corrected chi connectivity index (χ4v) is 5.59. The van der Waals surface area contributed by atoms with E-state index < -0.39 is 11.0 Å². The summed E-state index contributed by atoms with van der Waals surface area (Å²) in [6, 6.07) is 10.8. The minimum Gasteiger partial charge on any atom is -0.353 e. The van der Waals surface area contributed by atoms with Crippen LogP contribution in [0.4, 0.5) is 0 Å². The van der Waals surface area contributed by atoms with Crippen molar-refractivity contribution < 1.29 is 9.47 Å². The molecule has 1 aromatic rings. The first-order valence-corrected chi connectivity index (χ1v) is 11.5. The van der Waals surface area contributed by atoms with Crippen molar-refractivity contribution >= 4 is 0 Å². The second kappa shape index (κ2) is 9.67. The van der Waals surface area contributed by atoms with Crippen molar-refractivity contribution in [2.75, 3.05) is 6.61 Å². The van der Waals surface area contributed by atoms with E-state index in [-0.39, 0.29) is 17.6 Å². The molecule has 0 amide bonds. The van der Waals surface area contributed by atoms with Gasteiger partial charge in [-0.15, -0.1) is 5.92 Å². The van der Waals surface area contributed by atoms with Gasteiger partial charge in [0.1, 0.15) is 0 Å². The van der Waals surface area contributed by atoms with E-state index in [2.05, 4.69) is 90.6 Å². The Balaban J connectivity index is 2.86. The van der Waals surface area contributed by atoms with Gasteiger partial charge in [-0.2, -0.15) is 0 Å². The largest absolute Gasteiger partial charge is 0.353 e. The van der Waals surface area contributed by atoms with E-state index >= 15 is 0 Å². The fourth-order valence-electron chi connectivity index (χ4n) is 5.59. The van der Waals surface area contributed by atoms with E-state index in [4.69, 9.17) is 9.47 Å². The molecule has 0 aromatic heterocycles. The molecule has 0 N–H and O–H groups in total. The molecule has 29 heavy (non-hydrogen) atoms. The van der Waals surface area contributed by atoms with Crippen molar-refractivity contribution in [3.63, 3.8) is 0 Å². The molecule has 4 unspecified atom stereocenters. The zero-order valence-corrected chi connectivity index (χ0v) is 20.0. The Kier molecular flexibility index (Phi) is 8.00. The van der Waals surface area contributed by atoms with Gasteiger partial charge < -0.3 is 9.47 Å². The second-order valence-corrected chi connectivity index (χ2v) is 9.91. The van der Waals surface area contributed by atoms with Crippen LogP contribution in [0, 0.1) is 29.1 Å². The third-order valence-corrected chi connectivity index (χ3v) is 6.88. The Labute approximate surface area is 179 Å². The lowest BCUT2D eigenvalue weighted by atomic mass is 9.49. The number of hydrogen-bond donors (Lipinski definition) is 0. The number of rotatable bonds is 7. The maximum Gasteiger partial charge on any atom is 0.158 e. The molecule has 4 atom stereocenters. The summed E-state index contributed by atoms with van der Waals surface area (Å²) in [4.78, 5) is 0. The van der Waals surface area contributed by atoms with Gasteiger partial charge in [-0.25, -0.2) is 0 Å². The Morgan fingerprint density at radius 3 is 2.21 bits per heavy atom. The van der Waals surface area contributed by atoms with Gasteiger partial charge in [0.15, 0.2) is 6.29 Å². The molecule has 0 aliphatic carbocycles. The molecule has 1 heterocycles. The number of ether oxygens (including phenoxy) is 2. The average Bonchev–Trinajstić information content (AvgIpc) is 2.70. The van der Waals surface area contributed by atoms with Crippen LogP contribution >= 0.6 is 0 Å². The summed E-state index contributed by atoms with van der Waals surface area (Å²) in [5.41, 5.74) is 0.148. The van der Waals surface area contributed by atoms with Crippen molar-refractivity contribution in [1.82, 2.24) is 0 Å². The summed E-state index contributed by atoms with van der Waals surface area (Å²) < 4.78 is 13.3. The molecule has 162 valence electrons. The summed E-state index contributed by atoms with van der Waals surface area (Å²) in [5, 5.41) is 0. The molecular weight excluding hydrogens is 356 g/mol. The molecule has 0 saturated carbocycles. The Morgan fingerprint density at radius 1 is 1.10 bits per heavy atom. The molecule has 1 aliphatic heterocycles. The summed E-state index contributed by atoms with van der Waals surface area (Å²) in [6.07, 6.45) is 4.09. The first kappa shape index (κ1) is 24.0. The van der Waals surface area contributed by atoms with Crippen LogP contribution in [0.1, 0.15) is 86.6 Å². The highest BCUT2D eigenvalue weighted by Gasteiger charge is 2.63. The zero-order valence-electron chi connectivity index (χ0n) is 20.0. The summed E-state index contributed by atoms with van der Waals surface area (Å²) in [7, 11) is 0. The van der Waals surface area contributed by atoms with Crippen molar-refractivity contribution in [2.24, 2.45) is 17.3 Å². The van der Waals surface area contributed by atoms with Crippen LogP contribution in [0.5, 0.6) is 0 Å². The SMILES string of the molecule is CC#CC(c1ccccc1)(C(C)C)C(OC1CCCCO1)(C(C)CC)C(C)(C)C. The van der Waals surface area contributed by atoms with Crippen LogP contribution < -0.4 is 0 Å². The van der Waals surface area contributed by atoms with Gasteiger partial charge in [0.2, 0.25) is 0 Å². The summed E-state index contributed by atoms with van der Waals surface area (Å²) in [6.45, 7) is 18.9. The van der Waals surface area contributed by atoms with Gasteiger partial charge >= 0.3 is 0 Å². The van der Waals surface area contributed by atoms with Crippen LogP contribution in [0.2, 0.25) is 0 Å². The minimum absolute atomic E-state index is 0.146. The molecule has 1 aliphatic rings. The third-order valence-electron chi connectivity index (χ3n) is 6.88. The summed E-state index contributed by atoms with van der Waals surface area (Å²) >= 11 is 0. The van der Waals surface area contributed by atoms with E-state index in [0.717, 1.165) is 32.3 Å². The smallest absolute Gasteiger partial charge is 0.158 e. The van der Waals surface area contributed by atoms with Crippen molar-refractivity contribution in [3.05, 3.63) is 35.9 Å². The van der Waals surface area contributed by atoms with Gasteiger partial charge in [-0.3, -0.25) is 0 Å². The van der Waals surface area contributed by atoms with Crippen molar-refractivity contribution in [1.29, 1.82) is 0 Å². The standard InChI is InChI=1S/C27H42O2/c1-9-19-26(21(3)4,23-16-12-11-13-17-23)27(22(5)10-2,25(6,7)8)29-24-18-14-15-20-28-24/h11-13,16-17,21-22,24H,10,14-15,18,20H2,1-8H3.